The van der Waals surface area contributed by atoms with Crippen LogP contribution in [0.2, 0.25) is 0 Å². The Kier molecular flexibility index (Phi) is 16.3. The molecule has 0 aromatic heterocycles. The highest BCUT2D eigenvalue weighted by molar-refractivity contribution is 5.80. The predicted octanol–water partition coefficient (Wildman–Crippen LogP) is 5.63. The zero-order valence-corrected chi connectivity index (χ0v) is 15.9. The molecular formula is C22H34O4. The van der Waals surface area contributed by atoms with Crippen LogP contribution in [0.25, 0.3) is 0 Å². The lowest BCUT2D eigenvalue weighted by atomic mass is 10.1. The molecule has 0 aliphatic rings. The zero-order valence-electron chi connectivity index (χ0n) is 15.9. The predicted molar refractivity (Wildman–Crippen MR) is 108 cm³/mol. The van der Waals surface area contributed by atoms with E-state index in [4.69, 9.17) is 5.11 Å². The maximum absolute atomic E-state index is 10.2. The van der Waals surface area contributed by atoms with Gasteiger partial charge in [0.25, 0.3) is 0 Å². The van der Waals surface area contributed by atoms with Crippen molar-refractivity contribution in [3.8, 4) is 0 Å². The maximum Gasteiger partial charge on any atom is 0.328 e. The third-order valence-electron chi connectivity index (χ3n) is 3.88. The molecule has 0 saturated heterocycles. The number of rotatable bonds is 15. The van der Waals surface area contributed by atoms with Crippen LogP contribution in [0.15, 0.2) is 60.4 Å². The van der Waals surface area contributed by atoms with Gasteiger partial charge in [-0.1, -0.05) is 75.5 Å². The quantitative estimate of drug-likeness (QED) is 0.153. The van der Waals surface area contributed by atoms with Crippen LogP contribution in [0.4, 0.5) is 0 Å². The van der Waals surface area contributed by atoms with Crippen molar-refractivity contribution < 1.29 is 20.1 Å². The third-order valence-corrected chi connectivity index (χ3v) is 3.88. The molecule has 0 aliphatic heterocycles. The number of hydrogen-bond donors (Lipinski definition) is 3. The number of carboxylic acid groups (broad SMARTS) is 1. The molecule has 0 aromatic rings. The Balaban J connectivity index is 3.67. The minimum atomic E-state index is -0.972. The summed E-state index contributed by atoms with van der Waals surface area (Å²) in [7, 11) is 0. The van der Waals surface area contributed by atoms with Crippen molar-refractivity contribution >= 4 is 5.97 Å². The number of aliphatic hydroxyl groups is 2. The number of carboxylic acids is 1. The second-order valence-electron chi connectivity index (χ2n) is 6.22. The van der Waals surface area contributed by atoms with Gasteiger partial charge in [0, 0.05) is 6.08 Å². The van der Waals surface area contributed by atoms with Crippen LogP contribution < -0.4 is 0 Å². The number of aliphatic hydroxyl groups excluding tert-OH is 2. The van der Waals surface area contributed by atoms with Crippen LogP contribution in [0.1, 0.15) is 64.7 Å². The molecule has 0 radical (unpaired) electrons. The highest BCUT2D eigenvalue weighted by Crippen LogP contribution is 2.11. The smallest absolute Gasteiger partial charge is 0.328 e. The second kappa shape index (κ2) is 17.7. The van der Waals surface area contributed by atoms with Crippen LogP contribution in [-0.4, -0.2) is 27.4 Å². The second-order valence-corrected chi connectivity index (χ2v) is 6.22. The van der Waals surface area contributed by atoms with Gasteiger partial charge in [-0.2, -0.15) is 0 Å². The van der Waals surface area contributed by atoms with Gasteiger partial charge in [-0.15, -0.1) is 0 Å². The van der Waals surface area contributed by atoms with E-state index in [0.29, 0.717) is 0 Å². The fraction of sp³-hybridized carbons (Fsp3) is 0.500. The Morgan fingerprint density at radius 2 is 1.35 bits per heavy atom. The average molecular weight is 363 g/mol. The molecule has 0 fully saturated rings. The minimum Gasteiger partial charge on any atom is -0.508 e. The Morgan fingerprint density at radius 1 is 0.808 bits per heavy atom. The number of carbonyl (C=O) groups is 1. The molecule has 0 bridgehead atoms. The topological polar surface area (TPSA) is 77.8 Å². The molecule has 0 rings (SSSR count). The highest BCUT2D eigenvalue weighted by atomic mass is 16.4. The van der Waals surface area contributed by atoms with Gasteiger partial charge in [-0.05, 0) is 37.8 Å². The van der Waals surface area contributed by atoms with E-state index in [1.807, 2.05) is 13.0 Å². The van der Waals surface area contributed by atoms with E-state index in [1.54, 1.807) is 36.5 Å². The first-order chi connectivity index (χ1) is 12.6. The van der Waals surface area contributed by atoms with Crippen molar-refractivity contribution in [3.63, 3.8) is 0 Å². The molecule has 4 nitrogen and oxygen atoms in total. The fourth-order valence-electron chi connectivity index (χ4n) is 2.30. The summed E-state index contributed by atoms with van der Waals surface area (Å²) in [6.45, 7) is 2.01. The van der Waals surface area contributed by atoms with Crippen LogP contribution in [-0.2, 0) is 4.79 Å². The van der Waals surface area contributed by atoms with Crippen molar-refractivity contribution in [1.82, 2.24) is 0 Å². The number of allylic oxidation sites excluding steroid dienone is 8. The summed E-state index contributed by atoms with van der Waals surface area (Å²) in [4.78, 5) is 10.2. The van der Waals surface area contributed by atoms with Crippen LogP contribution in [0.3, 0.4) is 0 Å². The first-order valence-corrected chi connectivity index (χ1v) is 9.54. The first kappa shape index (κ1) is 23.9. The lowest BCUT2D eigenvalue weighted by Gasteiger charge is -2.06. The summed E-state index contributed by atoms with van der Waals surface area (Å²) in [5, 5.41) is 27.6. The Morgan fingerprint density at radius 3 is 1.96 bits per heavy atom. The van der Waals surface area contributed by atoms with E-state index in [9.17, 15) is 15.0 Å². The van der Waals surface area contributed by atoms with Gasteiger partial charge in [0.05, 0.1) is 6.10 Å². The summed E-state index contributed by atoms with van der Waals surface area (Å²) in [6.07, 6.45) is 24.0. The van der Waals surface area contributed by atoms with Gasteiger partial charge in [0.2, 0.25) is 0 Å². The van der Waals surface area contributed by atoms with E-state index in [1.165, 1.54) is 31.8 Å². The van der Waals surface area contributed by atoms with E-state index < -0.39 is 5.97 Å². The normalized spacial score (nSPS) is 14.3. The lowest BCUT2D eigenvalue weighted by molar-refractivity contribution is -0.131. The molecule has 0 saturated carbocycles. The summed E-state index contributed by atoms with van der Waals surface area (Å²) < 4.78 is 0. The Bertz CT molecular complexity index is 498. The molecule has 4 heteroatoms. The van der Waals surface area contributed by atoms with Crippen molar-refractivity contribution in [2.45, 2.75) is 70.8 Å². The molecule has 0 amide bonds. The summed E-state index contributed by atoms with van der Waals surface area (Å²) in [5.74, 6) is -0.710. The number of aliphatic carboxylic acids is 1. The number of unbranched alkanes of at least 4 members (excludes halogenated alkanes) is 6. The summed E-state index contributed by atoms with van der Waals surface area (Å²) >= 11 is 0. The van der Waals surface area contributed by atoms with Gasteiger partial charge in [-0.3, -0.25) is 0 Å². The minimum absolute atomic E-state index is 0.129. The molecule has 0 aliphatic carbocycles. The molecule has 0 spiro atoms. The van der Waals surface area contributed by atoms with E-state index in [0.717, 1.165) is 38.2 Å². The average Bonchev–Trinajstić information content (AvgIpc) is 2.61. The molecule has 26 heavy (non-hydrogen) atoms. The van der Waals surface area contributed by atoms with Gasteiger partial charge in [-0.25, -0.2) is 4.79 Å². The van der Waals surface area contributed by atoms with Crippen molar-refractivity contribution in [2.75, 3.05) is 0 Å². The monoisotopic (exact) mass is 362 g/mol. The molecule has 1 atom stereocenters. The number of hydrogen-bond acceptors (Lipinski definition) is 3. The molecule has 0 heterocycles. The van der Waals surface area contributed by atoms with E-state index in [-0.39, 0.29) is 11.9 Å². The lowest BCUT2D eigenvalue weighted by Crippen LogP contribution is -2.03. The van der Waals surface area contributed by atoms with Crippen LogP contribution in [0.5, 0.6) is 0 Å². The molecular weight excluding hydrogens is 328 g/mol. The Labute approximate surface area is 157 Å². The Hall–Kier alpha value is -2.07. The van der Waals surface area contributed by atoms with Gasteiger partial charge < -0.3 is 15.3 Å². The van der Waals surface area contributed by atoms with Crippen molar-refractivity contribution in [1.29, 1.82) is 0 Å². The van der Waals surface area contributed by atoms with Crippen LogP contribution in [0, 0.1) is 0 Å². The maximum atomic E-state index is 10.2. The highest BCUT2D eigenvalue weighted by Gasteiger charge is 1.99. The zero-order chi connectivity index (χ0) is 19.5. The fourth-order valence-corrected chi connectivity index (χ4v) is 2.30. The molecule has 3 N–H and O–H groups in total. The molecule has 1 unspecified atom stereocenters. The molecule has 0 aromatic carbocycles. The standard InChI is InChI=1S/C22H34O4/c1-2-20(23)16-12-8-4-3-5-9-13-17-21(24)18-14-10-6-7-11-15-19-22(25)26/h6-7,10-11,14-15,17-20,23-24H,2-5,8-9,12-13,16H2,1H3,(H,25,26). The molecule has 146 valence electrons. The third kappa shape index (κ3) is 18.3. The largest absolute Gasteiger partial charge is 0.508 e. The van der Waals surface area contributed by atoms with Crippen molar-refractivity contribution in [3.05, 3.63) is 60.4 Å². The van der Waals surface area contributed by atoms with Crippen molar-refractivity contribution in [2.24, 2.45) is 0 Å². The van der Waals surface area contributed by atoms with Gasteiger partial charge in [0.15, 0.2) is 0 Å². The first-order valence-electron chi connectivity index (χ1n) is 9.54. The van der Waals surface area contributed by atoms with E-state index >= 15 is 0 Å². The van der Waals surface area contributed by atoms with Crippen LogP contribution >= 0.6 is 0 Å². The van der Waals surface area contributed by atoms with Gasteiger partial charge >= 0.3 is 5.97 Å². The SMILES string of the molecule is CCC(O)CCCCCCCCC=C(O)C=CC=CC=CC=CC(=O)O. The van der Waals surface area contributed by atoms with E-state index in [2.05, 4.69) is 0 Å². The summed E-state index contributed by atoms with van der Waals surface area (Å²) in [6, 6.07) is 0. The summed E-state index contributed by atoms with van der Waals surface area (Å²) in [5.41, 5.74) is 0. The van der Waals surface area contributed by atoms with Gasteiger partial charge in [0.1, 0.15) is 5.76 Å².